The number of halogens is 1. The van der Waals surface area contributed by atoms with Crippen molar-refractivity contribution in [2.45, 2.75) is 30.6 Å². The zero-order valence-corrected chi connectivity index (χ0v) is 12.9. The van der Waals surface area contributed by atoms with Crippen LogP contribution in [-0.4, -0.2) is 89.6 Å². The Morgan fingerprint density at radius 3 is 2.68 bits per heavy atom. The molecule has 22 heavy (non-hydrogen) atoms. The van der Waals surface area contributed by atoms with Gasteiger partial charge in [0.2, 0.25) is 0 Å². The van der Waals surface area contributed by atoms with Crippen molar-refractivity contribution in [2.24, 2.45) is 0 Å². The van der Waals surface area contributed by atoms with Crippen molar-refractivity contribution in [3.8, 4) is 12.3 Å². The highest BCUT2D eigenvalue weighted by Gasteiger charge is 2.48. The van der Waals surface area contributed by atoms with Crippen LogP contribution in [0.15, 0.2) is 0 Å². The molecular weight excluding hydrogens is 316 g/mol. The maximum absolute atomic E-state index is 12.2. The number of nitrogens with zero attached hydrogens (tertiary/aromatic N) is 1. The summed E-state index contributed by atoms with van der Waals surface area (Å²) in [6, 6.07) is -1.68. The van der Waals surface area contributed by atoms with Crippen molar-refractivity contribution < 1.29 is 29.6 Å². The largest absolute Gasteiger partial charge is 0.394 e. The van der Waals surface area contributed by atoms with Crippen LogP contribution < -0.4 is 5.32 Å². The quantitative estimate of drug-likeness (QED) is 0.341. The number of urea groups is 1. The van der Waals surface area contributed by atoms with Crippen molar-refractivity contribution in [3.63, 3.8) is 0 Å². The van der Waals surface area contributed by atoms with E-state index in [1.807, 2.05) is 0 Å². The maximum atomic E-state index is 12.2. The lowest BCUT2D eigenvalue weighted by atomic mass is 9.94. The fourth-order valence-corrected chi connectivity index (χ4v) is 2.39. The van der Waals surface area contributed by atoms with Crippen molar-refractivity contribution in [2.75, 3.05) is 32.7 Å². The van der Waals surface area contributed by atoms with E-state index in [2.05, 4.69) is 11.2 Å². The molecule has 126 valence electrons. The fourth-order valence-electron chi connectivity index (χ4n) is 2.30. The van der Waals surface area contributed by atoms with Crippen LogP contribution >= 0.6 is 11.6 Å². The predicted molar refractivity (Wildman–Crippen MR) is 78.2 cm³/mol. The third-order valence-electron chi connectivity index (χ3n) is 3.33. The maximum Gasteiger partial charge on any atom is 0.318 e. The third kappa shape index (κ3) is 4.23. The first-order valence-electron chi connectivity index (χ1n) is 6.70. The van der Waals surface area contributed by atoms with Gasteiger partial charge < -0.3 is 35.0 Å². The van der Waals surface area contributed by atoms with Gasteiger partial charge in [0.15, 0.2) is 6.29 Å². The molecule has 4 N–H and O–H groups in total. The Kier molecular flexibility index (Phi) is 7.89. The van der Waals surface area contributed by atoms with Gasteiger partial charge in [-0.25, -0.2) is 4.79 Å². The summed E-state index contributed by atoms with van der Waals surface area (Å²) in [6.07, 6.45) is 0.468. The number of methoxy groups -OCH3 is 1. The Bertz CT molecular complexity index is 388. The van der Waals surface area contributed by atoms with Gasteiger partial charge in [-0.2, -0.15) is 0 Å². The van der Waals surface area contributed by atoms with Crippen molar-refractivity contribution in [1.82, 2.24) is 10.2 Å². The van der Waals surface area contributed by atoms with Gasteiger partial charge in [-0.15, -0.1) is 18.0 Å². The molecule has 0 saturated carbocycles. The lowest BCUT2D eigenvalue weighted by molar-refractivity contribution is -0.280. The van der Waals surface area contributed by atoms with E-state index >= 15 is 0 Å². The number of nitrogens with one attached hydrogen (secondary N) is 1. The van der Waals surface area contributed by atoms with Crippen LogP contribution in [0.25, 0.3) is 0 Å². The Hall–Kier alpha value is -1.08. The lowest BCUT2D eigenvalue weighted by Gasteiger charge is -2.45. The number of alkyl halides is 1. The number of amides is 2. The normalized spacial score (nSPS) is 31.4. The molecule has 2 amide bonds. The van der Waals surface area contributed by atoms with Crippen molar-refractivity contribution in [1.29, 1.82) is 0 Å². The summed E-state index contributed by atoms with van der Waals surface area (Å²) in [4.78, 5) is 13.3. The summed E-state index contributed by atoms with van der Waals surface area (Å²) in [5.41, 5.74) is 0. The summed E-state index contributed by atoms with van der Waals surface area (Å²) in [5, 5.41) is 32.3. The fraction of sp³-hybridized carbons (Fsp3) is 0.769. The number of aliphatic hydroxyl groups is 3. The van der Waals surface area contributed by atoms with Crippen LogP contribution in [0.3, 0.4) is 0 Å². The zero-order chi connectivity index (χ0) is 16.7. The molecule has 0 aromatic rings. The Balaban J connectivity index is 3.01. The monoisotopic (exact) mass is 336 g/mol. The number of terminal acetylenes is 1. The lowest BCUT2D eigenvalue weighted by Crippen LogP contribution is -2.67. The Labute approximate surface area is 133 Å². The van der Waals surface area contributed by atoms with E-state index in [0.29, 0.717) is 0 Å². The number of hydrogen-bond donors (Lipinski definition) is 4. The topological polar surface area (TPSA) is 111 Å². The molecule has 0 radical (unpaired) electrons. The molecule has 0 aromatic carbocycles. The minimum Gasteiger partial charge on any atom is -0.394 e. The smallest absolute Gasteiger partial charge is 0.318 e. The molecular formula is C13H21ClN2O6. The van der Waals surface area contributed by atoms with Crippen LogP contribution in [0.1, 0.15) is 0 Å². The second-order valence-corrected chi connectivity index (χ2v) is 5.06. The van der Waals surface area contributed by atoms with Gasteiger partial charge in [-0.3, -0.25) is 0 Å². The number of carbonyl (C=O) groups is 1. The highest BCUT2D eigenvalue weighted by Crippen LogP contribution is 2.25. The summed E-state index contributed by atoms with van der Waals surface area (Å²) in [7, 11) is 1.30. The molecule has 0 spiro atoms. The molecule has 1 heterocycles. The van der Waals surface area contributed by atoms with E-state index in [4.69, 9.17) is 27.5 Å². The van der Waals surface area contributed by atoms with Crippen molar-refractivity contribution >= 4 is 17.6 Å². The molecule has 1 aliphatic rings. The Morgan fingerprint density at radius 2 is 2.18 bits per heavy atom. The summed E-state index contributed by atoms with van der Waals surface area (Å²) >= 11 is 5.52. The van der Waals surface area contributed by atoms with Gasteiger partial charge in [0.05, 0.1) is 19.2 Å². The van der Waals surface area contributed by atoms with Gasteiger partial charge in [-0.05, 0) is 0 Å². The Morgan fingerprint density at radius 1 is 1.50 bits per heavy atom. The summed E-state index contributed by atoms with van der Waals surface area (Å²) in [6.45, 7) is -0.451. The number of carbonyl (C=O) groups excluding carboxylic acids is 1. The first-order chi connectivity index (χ1) is 10.5. The van der Waals surface area contributed by atoms with E-state index in [-0.39, 0.29) is 19.0 Å². The summed E-state index contributed by atoms with van der Waals surface area (Å²) in [5.74, 6) is 2.50. The van der Waals surface area contributed by atoms with Crippen LogP contribution in [0, 0.1) is 12.3 Å². The average molecular weight is 337 g/mol. The molecule has 1 aliphatic heterocycles. The molecule has 8 nitrogen and oxygen atoms in total. The van der Waals surface area contributed by atoms with Crippen LogP contribution in [0.5, 0.6) is 0 Å². The molecule has 5 atom stereocenters. The van der Waals surface area contributed by atoms with Gasteiger partial charge >= 0.3 is 6.03 Å². The first-order valence-corrected chi connectivity index (χ1v) is 7.24. The molecule has 0 bridgehead atoms. The van der Waals surface area contributed by atoms with Crippen LogP contribution in [0.4, 0.5) is 4.79 Å². The average Bonchev–Trinajstić information content (AvgIpc) is 2.52. The molecule has 0 aliphatic carbocycles. The van der Waals surface area contributed by atoms with E-state index in [0.717, 1.165) is 4.90 Å². The van der Waals surface area contributed by atoms with E-state index in [1.165, 1.54) is 7.11 Å². The number of hydrogen-bond acceptors (Lipinski definition) is 6. The zero-order valence-electron chi connectivity index (χ0n) is 12.2. The standard InChI is InChI=1S/C13H21ClN2O6/c1-3-6-16(13(20)15-5-4-14)9-10(18)8(7-17)22-12(21-2)11(9)19/h1,8-12,17-19H,4-7H2,2H3,(H,15,20)/t8-,9-,10-,11-,12+/m1/s1. The number of aliphatic hydroxyl groups excluding tert-OH is 3. The predicted octanol–water partition coefficient (Wildman–Crippen LogP) is -1.68. The van der Waals surface area contributed by atoms with E-state index < -0.39 is 43.3 Å². The number of ether oxygens (including phenoxy) is 2. The molecule has 1 fully saturated rings. The van der Waals surface area contributed by atoms with Crippen molar-refractivity contribution in [3.05, 3.63) is 0 Å². The molecule has 1 saturated heterocycles. The SMILES string of the molecule is C#CCN(C(=O)NCCCl)[C@H]1[C@@H](O)[C@@H](OC)O[C@H](CO)[C@H]1O. The summed E-state index contributed by atoms with van der Waals surface area (Å²) < 4.78 is 10.2. The van der Waals surface area contributed by atoms with Crippen LogP contribution in [-0.2, 0) is 9.47 Å². The minimum atomic E-state index is -1.34. The first kappa shape index (κ1) is 19.0. The molecule has 9 heteroatoms. The van der Waals surface area contributed by atoms with Gasteiger partial charge in [0, 0.05) is 19.5 Å². The molecule has 1 rings (SSSR count). The third-order valence-corrected chi connectivity index (χ3v) is 3.52. The van der Waals surface area contributed by atoms with Gasteiger partial charge in [0.1, 0.15) is 18.3 Å². The van der Waals surface area contributed by atoms with E-state index in [1.54, 1.807) is 0 Å². The highest BCUT2D eigenvalue weighted by atomic mass is 35.5. The minimum absolute atomic E-state index is 0.151. The molecule has 0 aromatic heterocycles. The van der Waals surface area contributed by atoms with E-state index in [9.17, 15) is 20.1 Å². The second-order valence-electron chi connectivity index (χ2n) is 4.69. The molecule has 0 unspecified atom stereocenters. The second kappa shape index (κ2) is 9.15. The van der Waals surface area contributed by atoms with Crippen LogP contribution in [0.2, 0.25) is 0 Å². The highest BCUT2D eigenvalue weighted by molar-refractivity contribution is 6.18. The van der Waals surface area contributed by atoms with Gasteiger partial charge in [0.25, 0.3) is 0 Å². The van der Waals surface area contributed by atoms with Gasteiger partial charge in [-0.1, -0.05) is 5.92 Å². The number of rotatable bonds is 6.